The van der Waals surface area contributed by atoms with Gasteiger partial charge in [0.25, 0.3) is 0 Å². The first-order chi connectivity index (χ1) is 9.34. The fourth-order valence-electron chi connectivity index (χ4n) is 2.20. The minimum absolute atomic E-state index is 0.0130. The molecule has 5 nitrogen and oxygen atoms in total. The first-order valence-corrected chi connectivity index (χ1v) is 7.45. The third-order valence-electron chi connectivity index (χ3n) is 3.20. The van der Waals surface area contributed by atoms with E-state index in [0.29, 0.717) is 11.5 Å². The van der Waals surface area contributed by atoms with Crippen molar-refractivity contribution in [3.05, 3.63) is 30.0 Å². The number of furan rings is 1. The average Bonchev–Trinajstić information content (AvgIpc) is 3.02. The lowest BCUT2D eigenvalue weighted by atomic mass is 10.2. The number of Topliss-reactive ketones (excluding diaryl/α,β-unsaturated/α-hetero) is 1. The number of aromatic nitrogens is 3. The number of rotatable bonds is 4. The Morgan fingerprint density at radius 3 is 3.16 bits per heavy atom. The summed E-state index contributed by atoms with van der Waals surface area (Å²) in [5.74, 6) is 1.78. The lowest BCUT2D eigenvalue weighted by Crippen LogP contribution is -2.05. The fraction of sp³-hybridized carbons (Fsp3) is 0.462. The number of thioether (sulfide) groups is 1. The highest BCUT2D eigenvalue weighted by Crippen LogP contribution is 2.22. The van der Waals surface area contributed by atoms with Crippen LogP contribution in [0.3, 0.4) is 0 Å². The van der Waals surface area contributed by atoms with E-state index in [1.807, 2.05) is 0 Å². The zero-order valence-electron chi connectivity index (χ0n) is 10.5. The lowest BCUT2D eigenvalue weighted by Gasteiger charge is -2.05. The van der Waals surface area contributed by atoms with Crippen LogP contribution in [0.4, 0.5) is 0 Å². The number of aryl methyl sites for hydroxylation is 1. The maximum absolute atomic E-state index is 11.9. The molecule has 100 valence electrons. The molecule has 0 fully saturated rings. The van der Waals surface area contributed by atoms with Gasteiger partial charge in [-0.3, -0.25) is 4.79 Å². The molecule has 0 spiro atoms. The molecule has 1 aliphatic heterocycles. The van der Waals surface area contributed by atoms with Crippen LogP contribution in [0.2, 0.25) is 0 Å². The SMILES string of the molecule is O=C(CSc1nnc2n1CCCCC2)c1ccco1. The zero-order valence-corrected chi connectivity index (χ0v) is 11.4. The molecule has 0 unspecified atom stereocenters. The second-order valence-corrected chi connectivity index (χ2v) is 5.49. The van der Waals surface area contributed by atoms with Crippen molar-refractivity contribution in [2.45, 2.75) is 37.4 Å². The summed E-state index contributed by atoms with van der Waals surface area (Å²) in [6.07, 6.45) is 6.07. The third-order valence-corrected chi connectivity index (χ3v) is 4.17. The normalized spacial score (nSPS) is 14.9. The quantitative estimate of drug-likeness (QED) is 0.635. The fourth-order valence-corrected chi connectivity index (χ4v) is 3.06. The zero-order chi connectivity index (χ0) is 13.1. The number of hydrogen-bond acceptors (Lipinski definition) is 5. The molecule has 0 radical (unpaired) electrons. The van der Waals surface area contributed by atoms with E-state index >= 15 is 0 Å². The average molecular weight is 277 g/mol. The second kappa shape index (κ2) is 5.61. The summed E-state index contributed by atoms with van der Waals surface area (Å²) in [4.78, 5) is 11.9. The van der Waals surface area contributed by atoms with Crippen LogP contribution in [-0.4, -0.2) is 26.3 Å². The summed E-state index contributed by atoms with van der Waals surface area (Å²) in [5, 5.41) is 9.24. The molecule has 3 heterocycles. The summed E-state index contributed by atoms with van der Waals surface area (Å²) < 4.78 is 7.24. The van der Waals surface area contributed by atoms with Crippen molar-refractivity contribution in [2.75, 3.05) is 5.75 Å². The number of carbonyl (C=O) groups excluding carboxylic acids is 1. The Bertz CT molecular complexity index is 562. The minimum atomic E-state index is -0.0130. The largest absolute Gasteiger partial charge is 0.461 e. The van der Waals surface area contributed by atoms with Gasteiger partial charge >= 0.3 is 0 Å². The van der Waals surface area contributed by atoms with Crippen molar-refractivity contribution in [1.82, 2.24) is 14.8 Å². The van der Waals surface area contributed by atoms with Crippen molar-refractivity contribution in [1.29, 1.82) is 0 Å². The predicted octanol–water partition coefficient (Wildman–Crippen LogP) is 2.57. The van der Waals surface area contributed by atoms with Gasteiger partial charge in [0, 0.05) is 13.0 Å². The molecule has 2 aromatic heterocycles. The Kier molecular flexibility index (Phi) is 3.68. The summed E-state index contributed by atoms with van der Waals surface area (Å²) in [6, 6.07) is 3.41. The van der Waals surface area contributed by atoms with Crippen molar-refractivity contribution in [3.8, 4) is 0 Å². The Morgan fingerprint density at radius 1 is 1.37 bits per heavy atom. The lowest BCUT2D eigenvalue weighted by molar-refractivity contribution is 0.0992. The molecule has 0 saturated carbocycles. The molecule has 0 saturated heterocycles. The van der Waals surface area contributed by atoms with Gasteiger partial charge in [0.2, 0.25) is 5.78 Å². The molecule has 0 amide bonds. The Morgan fingerprint density at radius 2 is 2.32 bits per heavy atom. The van der Waals surface area contributed by atoms with Gasteiger partial charge < -0.3 is 8.98 Å². The molecule has 1 aliphatic rings. The van der Waals surface area contributed by atoms with E-state index in [1.165, 1.54) is 30.9 Å². The number of hydrogen-bond donors (Lipinski definition) is 0. The molecule has 0 aromatic carbocycles. The highest BCUT2D eigenvalue weighted by Gasteiger charge is 2.17. The van der Waals surface area contributed by atoms with E-state index in [2.05, 4.69) is 14.8 Å². The van der Waals surface area contributed by atoms with Crippen molar-refractivity contribution < 1.29 is 9.21 Å². The Balaban J connectivity index is 1.67. The number of ketones is 1. The van der Waals surface area contributed by atoms with E-state index < -0.39 is 0 Å². The maximum Gasteiger partial charge on any atom is 0.208 e. The van der Waals surface area contributed by atoms with Crippen LogP contribution in [0, 0.1) is 0 Å². The summed E-state index contributed by atoms with van der Waals surface area (Å²) in [7, 11) is 0. The highest BCUT2D eigenvalue weighted by atomic mass is 32.2. The monoisotopic (exact) mass is 277 g/mol. The molecule has 0 bridgehead atoms. The van der Waals surface area contributed by atoms with E-state index in [-0.39, 0.29) is 5.78 Å². The molecule has 19 heavy (non-hydrogen) atoms. The molecule has 6 heteroatoms. The molecule has 2 aromatic rings. The van der Waals surface area contributed by atoms with Crippen LogP contribution in [-0.2, 0) is 13.0 Å². The minimum Gasteiger partial charge on any atom is -0.461 e. The van der Waals surface area contributed by atoms with Crippen LogP contribution >= 0.6 is 11.8 Å². The first kappa shape index (κ1) is 12.5. The van der Waals surface area contributed by atoms with Crippen molar-refractivity contribution in [2.24, 2.45) is 0 Å². The van der Waals surface area contributed by atoms with Gasteiger partial charge in [-0.05, 0) is 25.0 Å². The van der Waals surface area contributed by atoms with Crippen LogP contribution in [0.25, 0.3) is 0 Å². The van der Waals surface area contributed by atoms with Gasteiger partial charge in [0.15, 0.2) is 10.9 Å². The smallest absolute Gasteiger partial charge is 0.208 e. The Labute approximate surface area is 115 Å². The van der Waals surface area contributed by atoms with Gasteiger partial charge in [-0.2, -0.15) is 0 Å². The number of fused-ring (bicyclic) bond motifs is 1. The van der Waals surface area contributed by atoms with E-state index in [4.69, 9.17) is 4.42 Å². The van der Waals surface area contributed by atoms with Gasteiger partial charge in [0.05, 0.1) is 12.0 Å². The summed E-state index contributed by atoms with van der Waals surface area (Å²) >= 11 is 1.44. The van der Waals surface area contributed by atoms with E-state index in [1.54, 1.807) is 12.1 Å². The van der Waals surface area contributed by atoms with Crippen molar-refractivity contribution >= 4 is 17.5 Å². The van der Waals surface area contributed by atoms with E-state index in [9.17, 15) is 4.79 Å². The maximum atomic E-state index is 11.9. The molecule has 0 N–H and O–H groups in total. The van der Waals surface area contributed by atoms with Crippen molar-refractivity contribution in [3.63, 3.8) is 0 Å². The second-order valence-electron chi connectivity index (χ2n) is 4.55. The molecular weight excluding hydrogens is 262 g/mol. The van der Waals surface area contributed by atoms with Crippen LogP contribution in [0.5, 0.6) is 0 Å². The van der Waals surface area contributed by atoms with Gasteiger partial charge in [0.1, 0.15) is 5.82 Å². The third kappa shape index (κ3) is 2.73. The number of nitrogens with zero attached hydrogens (tertiary/aromatic N) is 3. The highest BCUT2D eigenvalue weighted by molar-refractivity contribution is 7.99. The number of carbonyl (C=O) groups is 1. The van der Waals surface area contributed by atoms with Gasteiger partial charge in [-0.1, -0.05) is 18.2 Å². The van der Waals surface area contributed by atoms with Crippen LogP contribution in [0.15, 0.2) is 28.0 Å². The van der Waals surface area contributed by atoms with Crippen LogP contribution in [0.1, 0.15) is 35.6 Å². The van der Waals surface area contributed by atoms with Gasteiger partial charge in [-0.15, -0.1) is 10.2 Å². The Hall–Kier alpha value is -1.56. The molecular formula is C13H15N3O2S. The van der Waals surface area contributed by atoms with E-state index in [0.717, 1.165) is 30.4 Å². The molecule has 0 atom stereocenters. The summed E-state index contributed by atoms with van der Waals surface area (Å²) in [5.41, 5.74) is 0. The summed E-state index contributed by atoms with van der Waals surface area (Å²) in [6.45, 7) is 0.958. The standard InChI is InChI=1S/C13H15N3O2S/c17-10(11-5-4-8-18-11)9-19-13-15-14-12-6-2-1-3-7-16(12)13/h4-5,8H,1-3,6-7,9H2. The van der Waals surface area contributed by atoms with Crippen LogP contribution < -0.4 is 0 Å². The van der Waals surface area contributed by atoms with Gasteiger partial charge in [-0.25, -0.2) is 0 Å². The molecule has 0 aliphatic carbocycles. The first-order valence-electron chi connectivity index (χ1n) is 6.46. The predicted molar refractivity (Wildman–Crippen MR) is 71.3 cm³/mol. The topological polar surface area (TPSA) is 60.9 Å². The molecule has 3 rings (SSSR count).